The average Bonchev–Trinajstić information content (AvgIpc) is 2.29. The summed E-state index contributed by atoms with van der Waals surface area (Å²) in [5, 5.41) is 12.7. The van der Waals surface area contributed by atoms with Crippen molar-refractivity contribution in [2.24, 2.45) is 0 Å². The van der Waals surface area contributed by atoms with Crippen molar-refractivity contribution in [2.45, 2.75) is 0 Å². The Labute approximate surface area is 96.5 Å². The van der Waals surface area contributed by atoms with Crippen molar-refractivity contribution < 1.29 is 23.8 Å². The number of methoxy groups -OCH3 is 1. The van der Waals surface area contributed by atoms with Crippen molar-refractivity contribution in [3.63, 3.8) is 0 Å². The first kappa shape index (κ1) is 12.7. The number of halogens is 1. The van der Waals surface area contributed by atoms with Crippen molar-refractivity contribution in [3.8, 4) is 0 Å². The molecule has 90 valence electrons. The van der Waals surface area contributed by atoms with Crippen molar-refractivity contribution in [1.82, 2.24) is 0 Å². The zero-order valence-corrected chi connectivity index (χ0v) is 8.90. The number of para-hydroxylation sites is 1. The molecule has 1 aromatic rings. The minimum Gasteiger partial charge on any atom is -0.545 e. The molecule has 0 fully saturated rings. The lowest BCUT2D eigenvalue weighted by Crippen LogP contribution is -2.23. The number of carboxylic acid groups (broad SMARTS) is 1. The van der Waals surface area contributed by atoms with Crippen molar-refractivity contribution in [3.05, 3.63) is 41.9 Å². The number of carbonyl (C=O) groups is 2. The Morgan fingerprint density at radius 1 is 1.41 bits per heavy atom. The molecule has 0 saturated heterocycles. The highest BCUT2D eigenvalue weighted by Gasteiger charge is 2.11. The maximum Gasteiger partial charge on any atom is 0.354 e. The van der Waals surface area contributed by atoms with Gasteiger partial charge in [-0.3, -0.25) is 0 Å². The predicted octanol–water partition coefficient (Wildman–Crippen LogP) is 0.0444. The van der Waals surface area contributed by atoms with E-state index in [9.17, 15) is 19.1 Å². The number of nitrogens with one attached hydrogen (secondary N) is 1. The molecule has 0 aromatic heterocycles. The van der Waals surface area contributed by atoms with Crippen LogP contribution < -0.4 is 10.4 Å². The third-order valence-corrected chi connectivity index (χ3v) is 1.81. The number of rotatable bonds is 4. The Morgan fingerprint density at radius 3 is 2.59 bits per heavy atom. The molecule has 0 heterocycles. The van der Waals surface area contributed by atoms with E-state index in [0.29, 0.717) is 6.08 Å². The highest BCUT2D eigenvalue weighted by molar-refractivity contribution is 5.97. The smallest absolute Gasteiger partial charge is 0.354 e. The summed E-state index contributed by atoms with van der Waals surface area (Å²) in [5.74, 6) is -3.15. The summed E-state index contributed by atoms with van der Waals surface area (Å²) < 4.78 is 17.6. The van der Waals surface area contributed by atoms with Gasteiger partial charge in [-0.1, -0.05) is 12.1 Å². The normalized spacial score (nSPS) is 10.8. The first-order valence-electron chi connectivity index (χ1n) is 4.57. The van der Waals surface area contributed by atoms with Gasteiger partial charge in [-0.15, -0.1) is 0 Å². The third-order valence-electron chi connectivity index (χ3n) is 1.81. The van der Waals surface area contributed by atoms with Crippen LogP contribution in [0.15, 0.2) is 36.0 Å². The number of aliphatic carboxylic acids is 1. The molecule has 0 atom stereocenters. The molecule has 1 N–H and O–H groups in total. The Hall–Kier alpha value is -2.37. The molecule has 0 aliphatic rings. The fourth-order valence-corrected chi connectivity index (χ4v) is 1.08. The lowest BCUT2D eigenvalue weighted by Gasteiger charge is -2.10. The largest absolute Gasteiger partial charge is 0.545 e. The standard InChI is InChI=1S/C11H10FNO4/c1-17-11(16)9(6-10(14)15)13-8-5-3-2-4-7(8)12/h2-6,13H,1H3,(H,14,15)/p-1. The van der Waals surface area contributed by atoms with E-state index < -0.39 is 23.5 Å². The van der Waals surface area contributed by atoms with Gasteiger partial charge in [0.15, 0.2) is 0 Å². The topological polar surface area (TPSA) is 78.5 Å². The van der Waals surface area contributed by atoms with E-state index in [4.69, 9.17) is 0 Å². The molecule has 0 spiro atoms. The van der Waals surface area contributed by atoms with Gasteiger partial charge in [0.1, 0.15) is 11.5 Å². The molecule has 0 aliphatic heterocycles. The lowest BCUT2D eigenvalue weighted by molar-refractivity contribution is -0.297. The van der Waals surface area contributed by atoms with Gasteiger partial charge in [0.25, 0.3) is 0 Å². The number of carboxylic acids is 1. The average molecular weight is 238 g/mol. The van der Waals surface area contributed by atoms with Crippen molar-refractivity contribution in [2.75, 3.05) is 12.4 Å². The molecule has 1 rings (SSSR count). The molecule has 0 radical (unpaired) electrons. The number of benzene rings is 1. The van der Waals surface area contributed by atoms with E-state index in [2.05, 4.69) is 10.1 Å². The molecule has 0 amide bonds. The summed E-state index contributed by atoms with van der Waals surface area (Å²) in [6, 6.07) is 5.50. The van der Waals surface area contributed by atoms with Gasteiger partial charge in [0, 0.05) is 0 Å². The molecular weight excluding hydrogens is 229 g/mol. The fraction of sp³-hybridized carbons (Fsp3) is 0.0909. The van der Waals surface area contributed by atoms with Gasteiger partial charge in [-0.2, -0.15) is 0 Å². The van der Waals surface area contributed by atoms with Crippen molar-refractivity contribution >= 4 is 17.6 Å². The summed E-state index contributed by atoms with van der Waals surface area (Å²) in [7, 11) is 1.08. The molecule has 6 heteroatoms. The van der Waals surface area contributed by atoms with E-state index >= 15 is 0 Å². The second-order valence-electron chi connectivity index (χ2n) is 2.97. The predicted molar refractivity (Wildman–Crippen MR) is 55.1 cm³/mol. The monoisotopic (exact) mass is 238 g/mol. The van der Waals surface area contributed by atoms with E-state index in [1.165, 1.54) is 18.2 Å². The fourth-order valence-electron chi connectivity index (χ4n) is 1.08. The van der Waals surface area contributed by atoms with Crippen LogP contribution in [0.2, 0.25) is 0 Å². The number of esters is 1. The second kappa shape index (κ2) is 5.64. The lowest BCUT2D eigenvalue weighted by atomic mass is 10.3. The summed E-state index contributed by atoms with van der Waals surface area (Å²) >= 11 is 0. The zero-order valence-electron chi connectivity index (χ0n) is 8.90. The Morgan fingerprint density at radius 2 is 2.06 bits per heavy atom. The van der Waals surface area contributed by atoms with Crippen LogP contribution in [0.3, 0.4) is 0 Å². The minimum absolute atomic E-state index is 0.0367. The van der Waals surface area contributed by atoms with E-state index in [1.807, 2.05) is 0 Å². The summed E-state index contributed by atoms with van der Waals surface area (Å²) in [6.07, 6.45) is 0.498. The highest BCUT2D eigenvalue weighted by Crippen LogP contribution is 2.15. The van der Waals surface area contributed by atoms with Crippen LogP contribution in [0, 0.1) is 5.82 Å². The Balaban J connectivity index is 2.99. The number of ether oxygens (including phenoxy) is 1. The first-order chi connectivity index (χ1) is 8.04. The van der Waals surface area contributed by atoms with Gasteiger partial charge in [0.2, 0.25) is 0 Å². The number of hydrogen-bond acceptors (Lipinski definition) is 5. The molecular formula is C11H9FNO4-. The molecule has 5 nitrogen and oxygen atoms in total. The van der Waals surface area contributed by atoms with Crippen molar-refractivity contribution in [1.29, 1.82) is 0 Å². The molecule has 17 heavy (non-hydrogen) atoms. The highest BCUT2D eigenvalue weighted by atomic mass is 19.1. The van der Waals surface area contributed by atoms with Gasteiger partial charge in [-0.25, -0.2) is 9.18 Å². The Bertz CT molecular complexity index is 470. The van der Waals surface area contributed by atoms with E-state index in [0.717, 1.165) is 13.2 Å². The van der Waals surface area contributed by atoms with Gasteiger partial charge in [0.05, 0.1) is 18.8 Å². The summed E-state index contributed by atoms with van der Waals surface area (Å²) in [5.41, 5.74) is -0.456. The van der Waals surface area contributed by atoms with Gasteiger partial charge in [-0.05, 0) is 18.2 Å². The minimum atomic E-state index is -1.59. The molecule has 0 saturated carbocycles. The zero-order chi connectivity index (χ0) is 12.8. The third kappa shape index (κ3) is 3.60. The molecule has 1 aromatic carbocycles. The Kier molecular flexibility index (Phi) is 4.21. The first-order valence-corrected chi connectivity index (χ1v) is 4.57. The van der Waals surface area contributed by atoms with Crippen LogP contribution in [-0.4, -0.2) is 19.0 Å². The number of anilines is 1. The van der Waals surface area contributed by atoms with Crippen LogP contribution in [0.4, 0.5) is 10.1 Å². The maximum atomic E-state index is 13.2. The number of carbonyl (C=O) groups excluding carboxylic acids is 2. The van der Waals surface area contributed by atoms with E-state index in [1.54, 1.807) is 0 Å². The second-order valence-corrected chi connectivity index (χ2v) is 2.97. The molecule has 0 bridgehead atoms. The van der Waals surface area contributed by atoms with E-state index in [-0.39, 0.29) is 5.69 Å². The van der Waals surface area contributed by atoms with Crippen LogP contribution >= 0.6 is 0 Å². The summed E-state index contributed by atoms with van der Waals surface area (Å²) in [4.78, 5) is 21.6. The SMILES string of the molecule is COC(=O)C(=CC(=O)[O-])Nc1ccccc1F. The maximum absolute atomic E-state index is 13.2. The van der Waals surface area contributed by atoms with Crippen LogP contribution in [-0.2, 0) is 14.3 Å². The van der Waals surface area contributed by atoms with Gasteiger partial charge >= 0.3 is 5.97 Å². The van der Waals surface area contributed by atoms with Crippen LogP contribution in [0.25, 0.3) is 0 Å². The van der Waals surface area contributed by atoms with Crippen LogP contribution in [0.5, 0.6) is 0 Å². The number of hydrogen-bond donors (Lipinski definition) is 1. The molecule has 0 aliphatic carbocycles. The molecule has 0 unspecified atom stereocenters. The quantitative estimate of drug-likeness (QED) is 0.592. The van der Waals surface area contributed by atoms with Gasteiger partial charge < -0.3 is 20.0 Å². The van der Waals surface area contributed by atoms with Crippen LogP contribution in [0.1, 0.15) is 0 Å². The summed E-state index contributed by atoms with van der Waals surface area (Å²) in [6.45, 7) is 0.